The van der Waals surface area contributed by atoms with Gasteiger partial charge in [0.25, 0.3) is 0 Å². The summed E-state index contributed by atoms with van der Waals surface area (Å²) in [6.45, 7) is 8.68. The molecule has 0 spiro atoms. The van der Waals surface area contributed by atoms with Crippen molar-refractivity contribution in [1.82, 2.24) is 2.78 Å². The molecule has 2 aromatic rings. The number of rotatable bonds is 9. The Labute approximate surface area is 213 Å². The number of unbranched alkanes of at least 4 members (excludes halogenated alkanes) is 1. The van der Waals surface area contributed by atoms with Crippen molar-refractivity contribution in [3.05, 3.63) is 37.1 Å². The number of hydrogen-bond donors (Lipinski definition) is 0. The zero-order valence-electron chi connectivity index (χ0n) is 14.5. The van der Waals surface area contributed by atoms with Crippen molar-refractivity contribution in [2.24, 2.45) is 0 Å². The van der Waals surface area contributed by atoms with E-state index in [1.54, 1.807) is 18.1 Å². The Kier molecular flexibility index (Phi) is 11.1. The molecule has 0 unspecified atom stereocenters. The van der Waals surface area contributed by atoms with Crippen molar-refractivity contribution >= 4 is 109 Å². The molecule has 0 atom stereocenters. The van der Waals surface area contributed by atoms with Crippen molar-refractivity contribution in [3.8, 4) is 0 Å². The third kappa shape index (κ3) is 5.77. The van der Waals surface area contributed by atoms with E-state index in [1.165, 1.54) is 49.3 Å². The number of halogens is 5. The van der Waals surface area contributed by atoms with Crippen molar-refractivity contribution in [1.29, 1.82) is 0 Å². The molecule has 1 heterocycles. The van der Waals surface area contributed by atoms with Crippen LogP contribution in [0.5, 0.6) is 0 Å². The zero-order chi connectivity index (χ0) is 18.4. The van der Waals surface area contributed by atoms with Gasteiger partial charge in [-0.1, -0.05) is 0 Å². The van der Waals surface area contributed by atoms with E-state index in [1.807, 2.05) is 0 Å². The molecule has 0 aliphatic carbocycles. The second kappa shape index (κ2) is 11.9. The first-order valence-electron chi connectivity index (χ1n) is 8.21. The van der Waals surface area contributed by atoms with Crippen LogP contribution >= 0.6 is 88.8 Å². The number of allylic oxidation sites excluding steroid dienone is 1. The van der Waals surface area contributed by atoms with Gasteiger partial charge in [0, 0.05) is 0 Å². The number of benzene rings is 1. The summed E-state index contributed by atoms with van der Waals surface area (Å²) in [7, 11) is 0. The molecule has 0 amide bonds. The second-order valence-electron chi connectivity index (χ2n) is 5.64. The summed E-state index contributed by atoms with van der Waals surface area (Å²) >= 11 is 7.55. The van der Waals surface area contributed by atoms with Crippen molar-refractivity contribution in [2.75, 3.05) is 13.3 Å². The van der Waals surface area contributed by atoms with Crippen LogP contribution in [-0.2, 0) is 6.42 Å². The monoisotopic (exact) mass is 900 g/mol. The summed E-state index contributed by atoms with van der Waals surface area (Å²) < 4.78 is 11.9. The first-order chi connectivity index (χ1) is 12.1. The van der Waals surface area contributed by atoms with E-state index in [4.69, 9.17) is 0 Å². The summed E-state index contributed by atoms with van der Waals surface area (Å²) in [6, 6.07) is 4.87. The van der Waals surface area contributed by atoms with E-state index in [0.717, 1.165) is 0 Å². The fourth-order valence-electron chi connectivity index (χ4n) is 2.71. The van der Waals surface area contributed by atoms with Crippen LogP contribution in [-0.4, -0.2) is 20.1 Å². The molecule has 0 bridgehead atoms. The van der Waals surface area contributed by atoms with Crippen LogP contribution in [0.15, 0.2) is 18.7 Å². The molecule has 0 N–H and O–H groups in total. The van der Waals surface area contributed by atoms with Gasteiger partial charge in [0.2, 0.25) is 0 Å². The maximum atomic E-state index is 4.30. The summed E-state index contributed by atoms with van der Waals surface area (Å²) in [5.74, 6) is 0. The summed E-state index contributed by atoms with van der Waals surface area (Å²) in [6.07, 6.45) is 3.91. The molecular formula is C19H23I5N-. The number of fused-ring (bicyclic) bond motifs is 1. The van der Waals surface area contributed by atoms with Gasteiger partial charge in [-0.15, -0.1) is 0 Å². The molecule has 0 radical (unpaired) electrons. The molecule has 6 heteroatoms. The molecule has 140 valence electrons. The molecule has 1 aromatic heterocycles. The standard InChI is InChI=1S/C19H23I5N/c1-4-23-17-16-14(9-11-21)7-8-15(24-12-6-5-10-20)19(16)25(22)18(17)13(2)3/h4,7-8H,2,5-6,9-12H2,1,3H3/q-1. The van der Waals surface area contributed by atoms with E-state index in [-0.39, 0.29) is 41.9 Å². The third-order valence-electron chi connectivity index (χ3n) is 3.78. The average molecular weight is 900 g/mol. The first kappa shape index (κ1) is 23.3. The van der Waals surface area contributed by atoms with Gasteiger partial charge in [0.05, 0.1) is 0 Å². The zero-order valence-corrected chi connectivity index (χ0v) is 25.3. The van der Waals surface area contributed by atoms with Crippen LogP contribution in [0, 0.1) is 7.14 Å². The molecule has 0 aliphatic heterocycles. The Balaban J connectivity index is 2.67. The number of aromatic nitrogens is 1. The van der Waals surface area contributed by atoms with E-state index < -0.39 is 0 Å². The SMILES string of the molecule is C=C(C)c1c(I=CC)c2c(CCI)ccc([I-]CCCCI)c2n1I. The second-order valence-corrected chi connectivity index (χ2v) is 14.7. The van der Waals surface area contributed by atoms with Gasteiger partial charge < -0.3 is 0 Å². The minimum absolute atomic E-state index is 0.0699. The quantitative estimate of drug-likeness (QED) is 0.202. The number of alkyl halides is 3. The van der Waals surface area contributed by atoms with Crippen molar-refractivity contribution < 1.29 is 21.2 Å². The van der Waals surface area contributed by atoms with Crippen LogP contribution in [0.1, 0.15) is 37.9 Å². The molecule has 25 heavy (non-hydrogen) atoms. The van der Waals surface area contributed by atoms with E-state index in [9.17, 15) is 0 Å². The summed E-state index contributed by atoms with van der Waals surface area (Å²) in [5, 5.41) is 1.57. The van der Waals surface area contributed by atoms with Gasteiger partial charge in [0.1, 0.15) is 0 Å². The fraction of sp³-hybridized carbons (Fsp3) is 0.421. The predicted molar refractivity (Wildman–Crippen MR) is 145 cm³/mol. The van der Waals surface area contributed by atoms with Gasteiger partial charge in [-0.25, -0.2) is 0 Å². The van der Waals surface area contributed by atoms with Gasteiger partial charge >= 0.3 is 217 Å². The molecule has 0 saturated carbocycles. The maximum absolute atomic E-state index is 4.30. The predicted octanol–water partition coefficient (Wildman–Crippen LogP) is 4.29. The average Bonchev–Trinajstić information content (AvgIpc) is 2.87. The normalized spacial score (nSPS) is 12.2. The van der Waals surface area contributed by atoms with Crippen LogP contribution in [0.4, 0.5) is 0 Å². The minimum atomic E-state index is -0.0699. The molecule has 1 nitrogen and oxygen atoms in total. The Hall–Kier alpha value is 2.02. The molecule has 2 rings (SSSR count). The van der Waals surface area contributed by atoms with Crippen molar-refractivity contribution in [2.45, 2.75) is 33.1 Å². The van der Waals surface area contributed by atoms with Gasteiger partial charge in [-0.3, -0.25) is 0 Å². The Morgan fingerprint density at radius 3 is 2.64 bits per heavy atom. The van der Waals surface area contributed by atoms with Crippen LogP contribution < -0.4 is 21.2 Å². The van der Waals surface area contributed by atoms with E-state index in [0.29, 0.717) is 0 Å². The summed E-state index contributed by atoms with van der Waals surface area (Å²) in [4.78, 5) is 0. The number of nitrogens with zero attached hydrogens (tertiary/aromatic N) is 1. The Bertz CT molecular complexity index is 776. The van der Waals surface area contributed by atoms with Gasteiger partial charge in [-0.2, -0.15) is 0 Å². The molecule has 1 aromatic carbocycles. The van der Waals surface area contributed by atoms with Gasteiger partial charge in [-0.05, 0) is 0 Å². The topological polar surface area (TPSA) is 4.93 Å². The first-order valence-corrected chi connectivity index (χ1v) is 17.2. The third-order valence-corrected chi connectivity index (χ3v) is 11.3. The molecule has 0 fully saturated rings. The Morgan fingerprint density at radius 1 is 1.28 bits per heavy atom. The van der Waals surface area contributed by atoms with Crippen molar-refractivity contribution in [3.63, 3.8) is 0 Å². The number of hydrogen-bond acceptors (Lipinski definition) is 0. The molecular weight excluding hydrogens is 877 g/mol. The van der Waals surface area contributed by atoms with Crippen LogP contribution in [0.3, 0.4) is 0 Å². The fourth-order valence-corrected chi connectivity index (χ4v) is 11.2. The van der Waals surface area contributed by atoms with E-state index >= 15 is 0 Å². The molecule has 0 aliphatic rings. The van der Waals surface area contributed by atoms with Crippen LogP contribution in [0.25, 0.3) is 16.5 Å². The summed E-state index contributed by atoms with van der Waals surface area (Å²) in [5.41, 5.74) is 5.65. The number of aryl methyl sites for hydroxylation is 1. The van der Waals surface area contributed by atoms with E-state index in [2.05, 4.69) is 107 Å². The Morgan fingerprint density at radius 2 is 2.04 bits per heavy atom. The van der Waals surface area contributed by atoms with Gasteiger partial charge in [0.15, 0.2) is 0 Å². The van der Waals surface area contributed by atoms with Crippen LogP contribution in [0.2, 0.25) is 0 Å². The molecule has 0 saturated heterocycles.